The van der Waals surface area contributed by atoms with Crippen LogP contribution in [0.4, 0.5) is 25.1 Å². The molecular weight excluding hydrogens is 791 g/mol. The number of ether oxygens (including phenoxy) is 1. The van der Waals surface area contributed by atoms with Gasteiger partial charge < -0.3 is 9.46 Å². The Balaban J connectivity index is 0.838. The van der Waals surface area contributed by atoms with E-state index < -0.39 is 11.8 Å². The van der Waals surface area contributed by atoms with Crippen molar-refractivity contribution in [2.45, 2.75) is 69.9 Å². The molecule has 14 nitrogen and oxygen atoms in total. The first kappa shape index (κ1) is 39.9. The van der Waals surface area contributed by atoms with Gasteiger partial charge in [-0.2, -0.15) is 10.4 Å². The summed E-state index contributed by atoms with van der Waals surface area (Å²) in [5.41, 5.74) is 2.20. The Morgan fingerprint density at radius 3 is 2.48 bits per heavy atom. The van der Waals surface area contributed by atoms with E-state index in [1.807, 2.05) is 24.3 Å². The highest BCUT2D eigenvalue weighted by Gasteiger charge is 2.44. The molecule has 312 valence electrons. The molecule has 3 amide bonds. The van der Waals surface area contributed by atoms with Gasteiger partial charge in [0, 0.05) is 69.3 Å². The molecule has 0 spiro atoms. The van der Waals surface area contributed by atoms with Crippen molar-refractivity contribution in [1.29, 1.82) is 5.26 Å². The topological polar surface area (TPSA) is 154 Å². The number of nitriles is 1. The molecule has 3 aromatic carbocycles. The Bertz CT molecular complexity index is 2610. The fourth-order valence-corrected chi connectivity index (χ4v) is 10.3. The summed E-state index contributed by atoms with van der Waals surface area (Å²) in [4.78, 5) is 46.8. The Hall–Kier alpha value is -5.57. The third-order valence-corrected chi connectivity index (χ3v) is 13.9. The smallest absolute Gasteiger partial charge is 0.329 e. The van der Waals surface area contributed by atoms with E-state index in [1.165, 1.54) is 35.2 Å². The van der Waals surface area contributed by atoms with E-state index >= 15 is 8.78 Å². The first-order valence-corrected chi connectivity index (χ1v) is 21.3. The number of hydrogen-bond acceptors (Lipinski definition) is 11. The van der Waals surface area contributed by atoms with Crippen LogP contribution in [0, 0.1) is 34.8 Å². The Labute approximate surface area is 349 Å². The van der Waals surface area contributed by atoms with Crippen molar-refractivity contribution in [3.8, 4) is 17.6 Å². The van der Waals surface area contributed by atoms with Crippen LogP contribution >= 0.6 is 12.1 Å². The predicted molar refractivity (Wildman–Crippen MR) is 225 cm³/mol. The van der Waals surface area contributed by atoms with Gasteiger partial charge in [-0.3, -0.25) is 34.0 Å². The zero-order valence-corrected chi connectivity index (χ0v) is 34.5. The van der Waals surface area contributed by atoms with Crippen LogP contribution in [0.1, 0.15) is 75.0 Å². The lowest BCUT2D eigenvalue weighted by Gasteiger charge is -2.35. The molecule has 2 saturated carbocycles. The zero-order chi connectivity index (χ0) is 41.8. The second-order valence-electron chi connectivity index (χ2n) is 16.5. The summed E-state index contributed by atoms with van der Waals surface area (Å²) in [7, 11) is 3.68. The molecule has 0 radical (unpaired) electrons. The van der Waals surface area contributed by atoms with E-state index in [1.54, 1.807) is 40.8 Å². The van der Waals surface area contributed by atoms with Gasteiger partial charge in [-0.25, -0.2) is 22.9 Å². The van der Waals surface area contributed by atoms with E-state index in [4.69, 9.17) is 4.74 Å². The van der Waals surface area contributed by atoms with E-state index in [9.17, 15) is 19.6 Å². The lowest BCUT2D eigenvalue weighted by atomic mass is 9.80. The number of hydrogen-bond donors (Lipinski definition) is 2. The van der Waals surface area contributed by atoms with E-state index in [2.05, 4.69) is 31.1 Å². The quantitative estimate of drug-likeness (QED) is 0.137. The number of fused-ring (bicyclic) bond motifs is 3. The normalized spacial score (nSPS) is 23.4. The summed E-state index contributed by atoms with van der Waals surface area (Å²) in [6.45, 7) is 4.87. The summed E-state index contributed by atoms with van der Waals surface area (Å²) in [6, 6.07) is 12.9. The summed E-state index contributed by atoms with van der Waals surface area (Å²) in [6.07, 6.45) is 7.22. The van der Waals surface area contributed by atoms with Crippen LogP contribution in [0.2, 0.25) is 0 Å². The minimum absolute atomic E-state index is 0.00760. The highest BCUT2D eigenvalue weighted by Crippen LogP contribution is 2.47. The maximum atomic E-state index is 15.8. The largest absolute Gasteiger partial charge is 0.453 e. The highest BCUT2D eigenvalue weighted by molar-refractivity contribution is 7.98. The number of rotatable bonds is 10. The van der Waals surface area contributed by atoms with Gasteiger partial charge in [-0.1, -0.05) is 6.92 Å². The number of urea groups is 1. The number of benzene rings is 3. The van der Waals surface area contributed by atoms with Crippen LogP contribution in [0.25, 0.3) is 21.8 Å². The number of nitrogens with zero attached hydrogens (tertiary/aromatic N) is 8. The third kappa shape index (κ3) is 7.34. The van der Waals surface area contributed by atoms with Crippen molar-refractivity contribution in [2.24, 2.45) is 18.9 Å². The number of likely N-dealkylation sites (tertiary alicyclic amines) is 1. The lowest BCUT2D eigenvalue weighted by Crippen LogP contribution is -2.49. The highest BCUT2D eigenvalue weighted by atomic mass is 32.2. The van der Waals surface area contributed by atoms with Crippen LogP contribution in [-0.2, 0) is 11.8 Å². The van der Waals surface area contributed by atoms with Crippen LogP contribution in [0.15, 0.2) is 53.6 Å². The number of imide groups is 1. The molecule has 0 bridgehead atoms. The summed E-state index contributed by atoms with van der Waals surface area (Å²) in [5.74, 6) is 0.0307. The zero-order valence-electron chi connectivity index (χ0n) is 33.7. The molecule has 2 aliphatic carbocycles. The van der Waals surface area contributed by atoms with Gasteiger partial charge in [0.1, 0.15) is 23.2 Å². The van der Waals surface area contributed by atoms with Gasteiger partial charge in [0.25, 0.3) is 5.56 Å². The molecule has 2 saturated heterocycles. The number of halogens is 2. The number of aromatic nitrogens is 4. The van der Waals surface area contributed by atoms with Crippen LogP contribution < -0.4 is 25.2 Å². The summed E-state index contributed by atoms with van der Waals surface area (Å²) in [5, 5.41) is 17.7. The van der Waals surface area contributed by atoms with Crippen molar-refractivity contribution < 1.29 is 23.1 Å². The van der Waals surface area contributed by atoms with Crippen LogP contribution in [0.5, 0.6) is 11.5 Å². The van der Waals surface area contributed by atoms with Crippen molar-refractivity contribution in [2.75, 3.05) is 42.8 Å². The maximum Gasteiger partial charge on any atom is 0.329 e. The van der Waals surface area contributed by atoms with E-state index in [0.717, 1.165) is 63.7 Å². The first-order chi connectivity index (χ1) is 29.0. The number of amides is 3. The number of carbonyl (C=O) groups excluding carboxylic acids is 2. The lowest BCUT2D eigenvalue weighted by molar-refractivity contribution is -0.120. The van der Waals surface area contributed by atoms with Crippen molar-refractivity contribution >= 4 is 57.4 Å². The fraction of sp³-hybridized carbons (Fsp3) is 0.442. The summed E-state index contributed by atoms with van der Waals surface area (Å²) >= 11 is 1.28. The second kappa shape index (κ2) is 16.1. The van der Waals surface area contributed by atoms with Crippen molar-refractivity contribution in [3.05, 3.63) is 81.9 Å². The number of aryl methyl sites for hydroxylation is 1. The van der Waals surface area contributed by atoms with Gasteiger partial charge in [0.05, 0.1) is 28.4 Å². The Morgan fingerprint density at radius 1 is 1.00 bits per heavy atom. The van der Waals surface area contributed by atoms with Crippen LogP contribution in [0.3, 0.4) is 0 Å². The predicted octanol–water partition coefficient (Wildman–Crippen LogP) is 7.21. The molecule has 2 unspecified atom stereocenters. The fourth-order valence-electron chi connectivity index (χ4n) is 9.74. The third-order valence-electron chi connectivity index (χ3n) is 13.0. The molecule has 4 aliphatic rings. The SMILES string of the molecule is CCN(C)SNc1ccc(F)c(Oc2ccc3ncn(C4CC5CN(C6CCC(c7cc8c(cc7F)c(N7CCC(=O)NC7=O)nn8C)CC6)CC5C4)c(=O)c3c2)c1C#N. The van der Waals surface area contributed by atoms with Crippen LogP contribution in [-0.4, -0.2) is 79.7 Å². The van der Waals surface area contributed by atoms with Crippen molar-refractivity contribution in [1.82, 2.24) is 33.9 Å². The molecule has 17 heteroatoms. The molecule has 9 rings (SSSR count). The molecule has 4 heterocycles. The number of anilines is 2. The second-order valence-corrected chi connectivity index (χ2v) is 17.5. The van der Waals surface area contributed by atoms with E-state index in [-0.39, 0.29) is 59.3 Å². The first-order valence-electron chi connectivity index (χ1n) is 20.6. The van der Waals surface area contributed by atoms with Gasteiger partial charge in [0.2, 0.25) is 5.91 Å². The van der Waals surface area contributed by atoms with Gasteiger partial charge in [-0.15, -0.1) is 0 Å². The minimum Gasteiger partial charge on any atom is -0.453 e. The molecule has 2 atom stereocenters. The maximum absolute atomic E-state index is 15.8. The molecule has 2 aromatic heterocycles. The molecule has 4 fully saturated rings. The Kier molecular flexibility index (Phi) is 10.7. The minimum atomic E-state index is -0.687. The number of carbonyl (C=O) groups is 2. The van der Waals surface area contributed by atoms with Crippen molar-refractivity contribution in [3.63, 3.8) is 0 Å². The standard InChI is InChI=1S/C43H46F2N10O4S/c1-4-51(2)60-50-37-12-10-34(44)40(33(37)20-46)59-29-9-11-36-31(17-29)42(57)55(23-47-36)28-15-25-21-53(22-26(25)16-28)27-7-5-24(6-8-27)30-19-38-32(18-35(30)45)41(49-52(38)3)54-14-13-39(56)48-43(54)58/h9-12,17-19,23-28,50H,4-8,13-16,21-22H2,1-3H3,(H,48,56,58). The molecular formula is C43H46F2N10O4S. The Morgan fingerprint density at radius 2 is 1.77 bits per heavy atom. The summed E-state index contributed by atoms with van der Waals surface area (Å²) < 4.78 is 45.3. The molecule has 60 heavy (non-hydrogen) atoms. The van der Waals surface area contributed by atoms with Gasteiger partial charge >= 0.3 is 6.03 Å². The average Bonchev–Trinajstić information content (AvgIpc) is 3.92. The number of nitrogens with one attached hydrogen (secondary N) is 2. The molecule has 2 N–H and O–H groups in total. The molecule has 5 aromatic rings. The average molecular weight is 837 g/mol. The van der Waals surface area contributed by atoms with E-state index in [0.29, 0.717) is 51.2 Å². The molecule has 2 aliphatic heterocycles. The van der Waals surface area contributed by atoms with Gasteiger partial charge in [0.15, 0.2) is 17.4 Å². The monoisotopic (exact) mass is 836 g/mol. The van der Waals surface area contributed by atoms with Gasteiger partial charge in [-0.05, 0) is 111 Å².